The van der Waals surface area contributed by atoms with E-state index < -0.39 is 23.9 Å². The standard InChI is InChI=1S/C25H29NO9/c1-31-23(28)15-34-19-9-4-17(5-10-19)8-13-22(27)26-21(25(30)33-3)14-18-6-11-20(12-7-18)35-16-24(29)32-2/h4-7,9-12,21H,8,13-16H2,1-3H3,(H,26,27). The number of hydrogen-bond donors (Lipinski definition) is 1. The molecule has 1 atom stereocenters. The van der Waals surface area contributed by atoms with Crippen LogP contribution in [0.4, 0.5) is 0 Å². The molecule has 0 saturated heterocycles. The first-order chi connectivity index (χ1) is 16.8. The van der Waals surface area contributed by atoms with Gasteiger partial charge in [0.2, 0.25) is 5.91 Å². The first kappa shape index (κ1) is 27.2. The Labute approximate surface area is 203 Å². The molecule has 188 valence electrons. The molecule has 1 unspecified atom stereocenters. The third kappa shape index (κ3) is 9.75. The summed E-state index contributed by atoms with van der Waals surface area (Å²) in [5.74, 6) is -0.851. The van der Waals surface area contributed by atoms with Crippen LogP contribution < -0.4 is 14.8 Å². The molecule has 0 bridgehead atoms. The number of esters is 3. The van der Waals surface area contributed by atoms with Crippen LogP contribution in [-0.4, -0.2) is 64.4 Å². The SMILES string of the molecule is COC(=O)COc1ccc(CCC(=O)NC(Cc2ccc(OCC(=O)OC)cc2)C(=O)OC)cc1. The van der Waals surface area contributed by atoms with Crippen LogP contribution in [0, 0.1) is 0 Å². The Morgan fingerprint density at radius 3 is 1.66 bits per heavy atom. The summed E-state index contributed by atoms with van der Waals surface area (Å²) in [5.41, 5.74) is 1.66. The molecular formula is C25H29NO9. The van der Waals surface area contributed by atoms with Gasteiger partial charge in [-0.25, -0.2) is 14.4 Å². The van der Waals surface area contributed by atoms with Crippen molar-refractivity contribution in [3.63, 3.8) is 0 Å². The number of amides is 1. The van der Waals surface area contributed by atoms with Gasteiger partial charge in [-0.15, -0.1) is 0 Å². The van der Waals surface area contributed by atoms with Gasteiger partial charge in [-0.05, 0) is 41.8 Å². The number of nitrogens with one attached hydrogen (secondary N) is 1. The van der Waals surface area contributed by atoms with Gasteiger partial charge in [0, 0.05) is 12.8 Å². The Morgan fingerprint density at radius 1 is 0.714 bits per heavy atom. The Hall–Kier alpha value is -4.08. The second kappa shape index (κ2) is 14.2. The van der Waals surface area contributed by atoms with Gasteiger partial charge in [0.1, 0.15) is 17.5 Å². The quantitative estimate of drug-likeness (QED) is 0.331. The molecular weight excluding hydrogens is 458 g/mol. The van der Waals surface area contributed by atoms with Crippen molar-refractivity contribution in [2.45, 2.75) is 25.3 Å². The van der Waals surface area contributed by atoms with E-state index >= 15 is 0 Å². The van der Waals surface area contributed by atoms with E-state index in [0.717, 1.165) is 11.1 Å². The van der Waals surface area contributed by atoms with E-state index in [2.05, 4.69) is 14.8 Å². The Bertz CT molecular complexity index is 987. The second-order valence-electron chi connectivity index (χ2n) is 7.36. The zero-order valence-electron chi connectivity index (χ0n) is 19.9. The van der Waals surface area contributed by atoms with Crippen LogP contribution in [0.25, 0.3) is 0 Å². The summed E-state index contributed by atoms with van der Waals surface area (Å²) in [6, 6.07) is 12.9. The molecule has 1 N–H and O–H groups in total. The molecule has 1 amide bonds. The van der Waals surface area contributed by atoms with Crippen molar-refractivity contribution in [3.8, 4) is 11.5 Å². The van der Waals surface area contributed by atoms with Crippen LogP contribution in [0.15, 0.2) is 48.5 Å². The monoisotopic (exact) mass is 487 g/mol. The van der Waals surface area contributed by atoms with Gasteiger partial charge in [0.25, 0.3) is 0 Å². The zero-order valence-corrected chi connectivity index (χ0v) is 19.9. The van der Waals surface area contributed by atoms with Crippen molar-refractivity contribution in [3.05, 3.63) is 59.7 Å². The van der Waals surface area contributed by atoms with Crippen molar-refractivity contribution < 1.29 is 42.9 Å². The predicted molar refractivity (Wildman–Crippen MR) is 124 cm³/mol. The van der Waals surface area contributed by atoms with Crippen molar-refractivity contribution >= 4 is 23.8 Å². The van der Waals surface area contributed by atoms with Crippen LogP contribution >= 0.6 is 0 Å². The maximum absolute atomic E-state index is 12.5. The fourth-order valence-electron chi connectivity index (χ4n) is 2.97. The van der Waals surface area contributed by atoms with Crippen molar-refractivity contribution in [2.24, 2.45) is 0 Å². The number of ether oxygens (including phenoxy) is 5. The minimum Gasteiger partial charge on any atom is -0.482 e. The van der Waals surface area contributed by atoms with Gasteiger partial charge in [0.15, 0.2) is 13.2 Å². The summed E-state index contributed by atoms with van der Waals surface area (Å²) in [4.78, 5) is 47.0. The lowest BCUT2D eigenvalue weighted by Crippen LogP contribution is -2.43. The molecule has 2 aromatic carbocycles. The lowest BCUT2D eigenvalue weighted by molar-refractivity contribution is -0.145. The Morgan fingerprint density at radius 2 is 1.20 bits per heavy atom. The van der Waals surface area contributed by atoms with Gasteiger partial charge >= 0.3 is 17.9 Å². The number of benzene rings is 2. The van der Waals surface area contributed by atoms with Crippen molar-refractivity contribution in [1.82, 2.24) is 5.32 Å². The summed E-state index contributed by atoms with van der Waals surface area (Å²) < 4.78 is 24.5. The number of methoxy groups -OCH3 is 3. The molecule has 0 aliphatic rings. The van der Waals surface area contributed by atoms with E-state index in [9.17, 15) is 19.2 Å². The van der Waals surface area contributed by atoms with Crippen LogP contribution in [0.5, 0.6) is 11.5 Å². The Balaban J connectivity index is 1.87. The molecule has 2 aromatic rings. The highest BCUT2D eigenvalue weighted by Gasteiger charge is 2.22. The average Bonchev–Trinajstić information content (AvgIpc) is 2.89. The van der Waals surface area contributed by atoms with Gasteiger partial charge in [-0.1, -0.05) is 24.3 Å². The highest BCUT2D eigenvalue weighted by molar-refractivity contribution is 5.84. The fourth-order valence-corrected chi connectivity index (χ4v) is 2.97. The lowest BCUT2D eigenvalue weighted by atomic mass is 10.0. The van der Waals surface area contributed by atoms with Crippen LogP contribution in [0.3, 0.4) is 0 Å². The first-order valence-corrected chi connectivity index (χ1v) is 10.8. The number of hydrogen-bond acceptors (Lipinski definition) is 9. The van der Waals surface area contributed by atoms with Gasteiger partial charge in [0.05, 0.1) is 21.3 Å². The predicted octanol–water partition coefficient (Wildman–Crippen LogP) is 1.62. The summed E-state index contributed by atoms with van der Waals surface area (Å²) in [7, 11) is 3.82. The average molecular weight is 488 g/mol. The summed E-state index contributed by atoms with van der Waals surface area (Å²) in [5, 5.41) is 2.72. The first-order valence-electron chi connectivity index (χ1n) is 10.8. The van der Waals surface area contributed by atoms with Crippen LogP contribution in [-0.2, 0) is 46.2 Å². The topological polar surface area (TPSA) is 126 Å². The molecule has 0 radical (unpaired) electrons. The molecule has 2 rings (SSSR count). The molecule has 35 heavy (non-hydrogen) atoms. The van der Waals surface area contributed by atoms with Crippen LogP contribution in [0.2, 0.25) is 0 Å². The number of aryl methyl sites for hydroxylation is 1. The molecule has 0 aliphatic heterocycles. The van der Waals surface area contributed by atoms with E-state index in [-0.39, 0.29) is 32.0 Å². The smallest absolute Gasteiger partial charge is 0.343 e. The van der Waals surface area contributed by atoms with Gasteiger partial charge in [-0.2, -0.15) is 0 Å². The van der Waals surface area contributed by atoms with Crippen LogP contribution in [0.1, 0.15) is 17.5 Å². The summed E-state index contributed by atoms with van der Waals surface area (Å²) in [6.07, 6.45) is 0.835. The van der Waals surface area contributed by atoms with E-state index in [1.807, 2.05) is 0 Å². The normalized spacial score (nSPS) is 11.1. The molecule has 0 saturated carbocycles. The third-order valence-corrected chi connectivity index (χ3v) is 4.92. The lowest BCUT2D eigenvalue weighted by Gasteiger charge is -2.17. The van der Waals surface area contributed by atoms with Gasteiger partial charge in [-0.3, -0.25) is 4.79 Å². The highest BCUT2D eigenvalue weighted by atomic mass is 16.6. The zero-order chi connectivity index (χ0) is 25.6. The fraction of sp³-hybridized carbons (Fsp3) is 0.360. The van der Waals surface area contributed by atoms with E-state index in [1.54, 1.807) is 48.5 Å². The summed E-state index contributed by atoms with van der Waals surface area (Å²) >= 11 is 0. The Kier molecular flexibility index (Phi) is 11.1. The largest absolute Gasteiger partial charge is 0.482 e. The highest BCUT2D eigenvalue weighted by Crippen LogP contribution is 2.15. The third-order valence-electron chi connectivity index (χ3n) is 4.92. The minimum atomic E-state index is -0.858. The molecule has 0 fully saturated rings. The van der Waals surface area contributed by atoms with Crippen molar-refractivity contribution in [1.29, 1.82) is 0 Å². The van der Waals surface area contributed by atoms with E-state index in [4.69, 9.17) is 14.2 Å². The van der Waals surface area contributed by atoms with Gasteiger partial charge < -0.3 is 29.0 Å². The maximum Gasteiger partial charge on any atom is 0.343 e. The second-order valence-corrected chi connectivity index (χ2v) is 7.36. The van der Waals surface area contributed by atoms with E-state index in [0.29, 0.717) is 17.9 Å². The minimum absolute atomic E-state index is 0.163. The maximum atomic E-state index is 12.5. The number of carbonyl (C=O) groups excluding carboxylic acids is 4. The number of rotatable bonds is 13. The molecule has 10 heteroatoms. The molecule has 0 aliphatic carbocycles. The molecule has 0 aromatic heterocycles. The van der Waals surface area contributed by atoms with Crippen molar-refractivity contribution in [2.75, 3.05) is 34.5 Å². The summed E-state index contributed by atoms with van der Waals surface area (Å²) in [6.45, 7) is -0.393. The molecule has 0 spiro atoms. The molecule has 10 nitrogen and oxygen atoms in total. The molecule has 0 heterocycles. The van der Waals surface area contributed by atoms with E-state index in [1.165, 1.54) is 21.3 Å². The number of carbonyl (C=O) groups is 4.